The van der Waals surface area contributed by atoms with Gasteiger partial charge in [0.25, 0.3) is 0 Å². The number of phenols is 1. The van der Waals surface area contributed by atoms with E-state index < -0.39 is 0 Å². The number of anilines is 1. The Labute approximate surface area is 138 Å². The summed E-state index contributed by atoms with van der Waals surface area (Å²) < 4.78 is 2.17. The Kier molecular flexibility index (Phi) is 3.38. The molecule has 5 nitrogen and oxygen atoms in total. The van der Waals surface area contributed by atoms with Crippen LogP contribution >= 0.6 is 11.6 Å². The Morgan fingerprint density at radius 1 is 1.13 bits per heavy atom. The molecule has 0 radical (unpaired) electrons. The number of nitrogen functional groups attached to an aromatic ring is 1. The number of hydrogen-bond acceptors (Lipinski definition) is 4. The van der Waals surface area contributed by atoms with Gasteiger partial charge in [0.15, 0.2) is 0 Å². The molecule has 0 amide bonds. The number of fused-ring (bicyclic) bond motifs is 1. The molecule has 0 saturated heterocycles. The second kappa shape index (κ2) is 5.42. The summed E-state index contributed by atoms with van der Waals surface area (Å²) in [6, 6.07) is 9.84. The molecule has 2 unspecified atom stereocenters. The third kappa shape index (κ3) is 2.51. The third-order valence-electron chi connectivity index (χ3n) is 4.74. The van der Waals surface area contributed by atoms with Crippen LogP contribution < -0.4 is 5.73 Å². The van der Waals surface area contributed by atoms with Crippen LogP contribution in [0.4, 0.5) is 5.82 Å². The number of rotatable bonds is 2. The van der Waals surface area contributed by atoms with E-state index in [9.17, 15) is 5.11 Å². The lowest BCUT2D eigenvalue weighted by molar-refractivity contribution is 0.474. The first-order valence-corrected chi connectivity index (χ1v) is 8.08. The fourth-order valence-corrected chi connectivity index (χ4v) is 3.75. The summed E-state index contributed by atoms with van der Waals surface area (Å²) in [5, 5.41) is 10.5. The Morgan fingerprint density at radius 3 is 2.70 bits per heavy atom. The Morgan fingerprint density at radius 2 is 1.91 bits per heavy atom. The number of phenolic OH excluding ortho intramolecular Hbond substituents is 1. The van der Waals surface area contributed by atoms with Crippen molar-refractivity contribution in [3.8, 4) is 5.75 Å². The largest absolute Gasteiger partial charge is 0.508 e. The zero-order valence-corrected chi connectivity index (χ0v) is 13.2. The monoisotopic (exact) mass is 328 g/mol. The van der Waals surface area contributed by atoms with Crippen molar-refractivity contribution in [1.29, 1.82) is 0 Å². The maximum Gasteiger partial charge on any atom is 0.226 e. The molecule has 1 aliphatic carbocycles. The molecule has 23 heavy (non-hydrogen) atoms. The molecule has 2 atom stereocenters. The quantitative estimate of drug-likeness (QED) is 0.700. The summed E-state index contributed by atoms with van der Waals surface area (Å²) >= 11 is 5.96. The normalized spacial score (nSPS) is 21.1. The highest BCUT2D eigenvalue weighted by Crippen LogP contribution is 2.42. The summed E-state index contributed by atoms with van der Waals surface area (Å²) in [5.41, 5.74) is 8.01. The summed E-state index contributed by atoms with van der Waals surface area (Å²) in [6.45, 7) is 0. The zero-order chi connectivity index (χ0) is 16.0. The molecule has 2 aromatic heterocycles. The molecular weight excluding hydrogens is 312 g/mol. The lowest BCUT2D eigenvalue weighted by Crippen LogP contribution is -2.06. The Bertz CT molecular complexity index is 859. The highest BCUT2D eigenvalue weighted by atomic mass is 35.5. The molecule has 3 aromatic rings. The molecule has 1 saturated carbocycles. The van der Waals surface area contributed by atoms with Crippen LogP contribution in [0.5, 0.6) is 5.75 Å². The summed E-state index contributed by atoms with van der Waals surface area (Å²) in [5.74, 6) is 1.22. The van der Waals surface area contributed by atoms with E-state index in [2.05, 4.69) is 14.5 Å². The van der Waals surface area contributed by atoms with Gasteiger partial charge in [-0.2, -0.15) is 4.98 Å². The first kappa shape index (κ1) is 14.3. The van der Waals surface area contributed by atoms with Gasteiger partial charge in [-0.3, -0.25) is 0 Å². The smallest absolute Gasteiger partial charge is 0.226 e. The minimum atomic E-state index is 0.183. The zero-order valence-electron chi connectivity index (χ0n) is 12.5. The second-order valence-electron chi connectivity index (χ2n) is 6.09. The first-order chi connectivity index (χ1) is 11.1. The van der Waals surface area contributed by atoms with Gasteiger partial charge in [0, 0.05) is 12.2 Å². The van der Waals surface area contributed by atoms with Crippen molar-refractivity contribution in [2.24, 2.45) is 0 Å². The Balaban J connectivity index is 1.64. The summed E-state index contributed by atoms with van der Waals surface area (Å²) in [6.07, 6.45) is 5.26. The third-order valence-corrected chi connectivity index (χ3v) is 4.91. The van der Waals surface area contributed by atoms with E-state index in [1.807, 2.05) is 24.4 Å². The first-order valence-electron chi connectivity index (χ1n) is 7.70. The predicted molar refractivity (Wildman–Crippen MR) is 90.7 cm³/mol. The fourth-order valence-electron chi connectivity index (χ4n) is 3.58. The van der Waals surface area contributed by atoms with Crippen molar-refractivity contribution < 1.29 is 5.11 Å². The molecule has 2 heterocycles. The van der Waals surface area contributed by atoms with Gasteiger partial charge >= 0.3 is 0 Å². The molecule has 118 valence electrons. The van der Waals surface area contributed by atoms with Crippen LogP contribution in [-0.2, 0) is 0 Å². The summed E-state index contributed by atoms with van der Waals surface area (Å²) in [7, 11) is 0. The number of aromatic hydroxyl groups is 1. The van der Waals surface area contributed by atoms with E-state index in [4.69, 9.17) is 17.3 Å². The van der Waals surface area contributed by atoms with Gasteiger partial charge in [0.05, 0.1) is 5.39 Å². The number of nitrogens with two attached hydrogens (primary N) is 1. The lowest BCUT2D eigenvalue weighted by Gasteiger charge is -2.15. The Hall–Kier alpha value is -2.27. The van der Waals surface area contributed by atoms with Crippen molar-refractivity contribution >= 4 is 28.5 Å². The van der Waals surface area contributed by atoms with E-state index >= 15 is 0 Å². The van der Waals surface area contributed by atoms with E-state index in [-0.39, 0.29) is 5.28 Å². The highest BCUT2D eigenvalue weighted by Gasteiger charge is 2.28. The van der Waals surface area contributed by atoms with E-state index in [1.54, 1.807) is 12.1 Å². The molecule has 3 N–H and O–H groups in total. The standard InChI is InChI=1S/C17H17ClN4O/c18-17-20-15(19)14-7-8-22(16(14)21-17)12-4-1-11(9-12)10-2-5-13(23)6-3-10/h2-3,5-8,11-12,23H,1,4,9H2,(H2,19,20,21). The van der Waals surface area contributed by atoms with Gasteiger partial charge in [-0.15, -0.1) is 0 Å². The maximum atomic E-state index is 9.43. The number of hydrogen-bond donors (Lipinski definition) is 2. The average Bonchev–Trinajstić information content (AvgIpc) is 3.14. The molecule has 4 rings (SSSR count). The summed E-state index contributed by atoms with van der Waals surface area (Å²) in [4.78, 5) is 8.36. The molecule has 1 aliphatic rings. The van der Waals surface area contributed by atoms with Gasteiger partial charge in [-0.05, 0) is 60.5 Å². The van der Waals surface area contributed by atoms with Crippen molar-refractivity contribution in [3.63, 3.8) is 0 Å². The predicted octanol–water partition coefficient (Wildman–Crippen LogP) is 3.88. The number of benzene rings is 1. The van der Waals surface area contributed by atoms with Crippen molar-refractivity contribution in [3.05, 3.63) is 47.4 Å². The highest BCUT2D eigenvalue weighted by molar-refractivity contribution is 6.28. The fraction of sp³-hybridized carbons (Fsp3) is 0.294. The minimum absolute atomic E-state index is 0.183. The van der Waals surface area contributed by atoms with Gasteiger partial charge in [0.1, 0.15) is 17.2 Å². The van der Waals surface area contributed by atoms with Gasteiger partial charge in [0.2, 0.25) is 5.28 Å². The molecular formula is C17H17ClN4O. The lowest BCUT2D eigenvalue weighted by atomic mass is 9.97. The minimum Gasteiger partial charge on any atom is -0.508 e. The number of halogens is 1. The molecule has 1 aromatic carbocycles. The average molecular weight is 329 g/mol. The molecule has 1 fully saturated rings. The maximum absolute atomic E-state index is 9.43. The molecule has 6 heteroatoms. The van der Waals surface area contributed by atoms with E-state index in [1.165, 1.54) is 5.56 Å². The molecule has 0 spiro atoms. The number of nitrogens with zero attached hydrogens (tertiary/aromatic N) is 3. The topological polar surface area (TPSA) is 77.0 Å². The SMILES string of the molecule is Nc1nc(Cl)nc2c1ccn2C1CCC(c2ccc(O)cc2)C1. The molecule has 0 aliphatic heterocycles. The second-order valence-corrected chi connectivity index (χ2v) is 6.43. The van der Waals surface area contributed by atoms with Gasteiger partial charge < -0.3 is 15.4 Å². The van der Waals surface area contributed by atoms with Gasteiger partial charge in [-0.1, -0.05) is 12.1 Å². The van der Waals surface area contributed by atoms with Crippen molar-refractivity contribution in [2.45, 2.75) is 31.2 Å². The van der Waals surface area contributed by atoms with Crippen LogP contribution in [0.15, 0.2) is 36.5 Å². The van der Waals surface area contributed by atoms with E-state index in [0.29, 0.717) is 23.5 Å². The van der Waals surface area contributed by atoms with E-state index in [0.717, 1.165) is 30.3 Å². The van der Waals surface area contributed by atoms with Crippen LogP contribution in [0, 0.1) is 0 Å². The van der Waals surface area contributed by atoms with Crippen molar-refractivity contribution in [2.75, 3.05) is 5.73 Å². The van der Waals surface area contributed by atoms with Crippen LogP contribution in [0.3, 0.4) is 0 Å². The van der Waals surface area contributed by atoms with Crippen LogP contribution in [-0.4, -0.2) is 19.6 Å². The van der Waals surface area contributed by atoms with Crippen molar-refractivity contribution in [1.82, 2.24) is 14.5 Å². The van der Waals surface area contributed by atoms with Gasteiger partial charge in [-0.25, -0.2) is 4.98 Å². The van der Waals surface area contributed by atoms with Crippen LogP contribution in [0.2, 0.25) is 5.28 Å². The van der Waals surface area contributed by atoms with Crippen LogP contribution in [0.25, 0.3) is 11.0 Å². The van der Waals surface area contributed by atoms with Crippen LogP contribution in [0.1, 0.15) is 36.8 Å². The molecule has 0 bridgehead atoms. The number of aromatic nitrogens is 3.